The zero-order chi connectivity index (χ0) is 22.9. The van der Waals surface area contributed by atoms with Crippen molar-refractivity contribution in [1.29, 1.82) is 0 Å². The average molecular weight is 454 g/mol. The van der Waals surface area contributed by atoms with Gasteiger partial charge < -0.3 is 15.5 Å². The molecule has 3 heterocycles. The van der Waals surface area contributed by atoms with E-state index in [-0.39, 0.29) is 11.8 Å². The van der Waals surface area contributed by atoms with Crippen LogP contribution in [0.15, 0.2) is 30.6 Å². The Bertz CT molecular complexity index is 1120. The van der Waals surface area contributed by atoms with Gasteiger partial charge in [-0.05, 0) is 70.6 Å². The van der Waals surface area contributed by atoms with E-state index in [1.807, 2.05) is 32.0 Å². The minimum Gasteiger partial charge on any atom is -0.481 e. The molecule has 1 saturated carbocycles. The molecule has 32 heavy (non-hydrogen) atoms. The molecule has 0 saturated heterocycles. The summed E-state index contributed by atoms with van der Waals surface area (Å²) >= 11 is 1.42. The third kappa shape index (κ3) is 4.78. The Labute approximate surface area is 190 Å². The van der Waals surface area contributed by atoms with Gasteiger partial charge in [0, 0.05) is 29.5 Å². The Morgan fingerprint density at radius 1 is 1.12 bits per heavy atom. The van der Waals surface area contributed by atoms with Crippen molar-refractivity contribution in [3.05, 3.63) is 47.0 Å². The van der Waals surface area contributed by atoms with Crippen LogP contribution in [0, 0.1) is 25.7 Å². The minimum atomic E-state index is -1.10. The van der Waals surface area contributed by atoms with E-state index >= 15 is 0 Å². The molecule has 0 spiro atoms. The lowest BCUT2D eigenvalue weighted by Crippen LogP contribution is -2.35. The van der Waals surface area contributed by atoms with Gasteiger partial charge in [0.15, 0.2) is 0 Å². The molecule has 0 amide bonds. The van der Waals surface area contributed by atoms with Crippen LogP contribution in [0.4, 0.5) is 11.6 Å². The van der Waals surface area contributed by atoms with Gasteiger partial charge in [-0.25, -0.2) is 15.0 Å². The van der Waals surface area contributed by atoms with Crippen LogP contribution in [-0.2, 0) is 10.4 Å². The quantitative estimate of drug-likeness (QED) is 0.500. The molecule has 0 radical (unpaired) electrons. The second-order valence-electron chi connectivity index (χ2n) is 8.59. The Balaban J connectivity index is 1.54. The molecule has 1 aliphatic carbocycles. The summed E-state index contributed by atoms with van der Waals surface area (Å²) < 4.78 is 0. The van der Waals surface area contributed by atoms with E-state index in [2.05, 4.69) is 25.3 Å². The summed E-state index contributed by atoms with van der Waals surface area (Å²) in [7, 11) is 0. The molecule has 1 atom stereocenters. The molecular weight excluding hydrogens is 426 g/mol. The van der Waals surface area contributed by atoms with Crippen molar-refractivity contribution >= 4 is 28.9 Å². The monoisotopic (exact) mass is 453 g/mol. The van der Waals surface area contributed by atoms with Crippen molar-refractivity contribution in [1.82, 2.24) is 19.9 Å². The topological polar surface area (TPSA) is 121 Å². The maximum Gasteiger partial charge on any atom is 0.306 e. The fourth-order valence-electron chi connectivity index (χ4n) is 4.21. The summed E-state index contributed by atoms with van der Waals surface area (Å²) in [5, 5.41) is 24.4. The SMILES string of the molecule is Cc1cc(Nc2nccc(C)n2)cc(-c2cnc([C@](C)(O)C3CCC(C(=O)O)CC3)s2)n1. The van der Waals surface area contributed by atoms with Gasteiger partial charge in [0.05, 0.1) is 16.5 Å². The second-order valence-corrected chi connectivity index (χ2v) is 9.62. The first-order valence-electron chi connectivity index (χ1n) is 10.7. The summed E-state index contributed by atoms with van der Waals surface area (Å²) in [5.41, 5.74) is 2.19. The van der Waals surface area contributed by atoms with Gasteiger partial charge in [-0.15, -0.1) is 11.3 Å². The Morgan fingerprint density at radius 3 is 2.56 bits per heavy atom. The zero-order valence-corrected chi connectivity index (χ0v) is 19.2. The molecule has 0 bridgehead atoms. The van der Waals surface area contributed by atoms with Crippen LogP contribution in [0.3, 0.4) is 0 Å². The number of thiazole rings is 1. The third-order valence-electron chi connectivity index (χ3n) is 6.07. The first-order valence-corrected chi connectivity index (χ1v) is 11.5. The number of nitrogens with zero attached hydrogens (tertiary/aromatic N) is 4. The number of carbonyl (C=O) groups is 1. The summed E-state index contributed by atoms with van der Waals surface area (Å²) in [6, 6.07) is 5.68. The molecule has 9 heteroatoms. The van der Waals surface area contributed by atoms with E-state index in [1.165, 1.54) is 11.3 Å². The summed E-state index contributed by atoms with van der Waals surface area (Å²) in [5.74, 6) is -0.552. The van der Waals surface area contributed by atoms with Gasteiger partial charge >= 0.3 is 5.97 Å². The smallest absolute Gasteiger partial charge is 0.306 e. The maximum absolute atomic E-state index is 11.3. The first-order chi connectivity index (χ1) is 15.2. The van der Waals surface area contributed by atoms with Crippen molar-refractivity contribution in [2.45, 2.75) is 52.1 Å². The van der Waals surface area contributed by atoms with E-state index in [0.717, 1.165) is 27.6 Å². The molecule has 0 aliphatic heterocycles. The number of nitrogens with one attached hydrogen (secondary N) is 1. The van der Waals surface area contributed by atoms with Crippen molar-refractivity contribution in [3.63, 3.8) is 0 Å². The number of rotatable bonds is 6. The largest absolute Gasteiger partial charge is 0.481 e. The van der Waals surface area contributed by atoms with Crippen LogP contribution < -0.4 is 5.32 Å². The van der Waals surface area contributed by atoms with Gasteiger partial charge in [-0.2, -0.15) is 0 Å². The highest BCUT2D eigenvalue weighted by molar-refractivity contribution is 7.15. The number of anilines is 2. The molecule has 168 valence electrons. The fraction of sp³-hybridized carbons (Fsp3) is 0.435. The molecular formula is C23H27N5O3S. The molecule has 1 aliphatic rings. The van der Waals surface area contributed by atoms with E-state index in [9.17, 15) is 15.0 Å². The molecule has 0 aromatic carbocycles. The van der Waals surface area contributed by atoms with E-state index < -0.39 is 11.6 Å². The number of aliphatic hydroxyl groups is 1. The standard InChI is InChI=1S/C23H27N5O3S/c1-13-8-9-24-22(27-13)28-17-10-14(2)26-18(11-17)19-12-25-21(32-19)23(3,31)16-6-4-15(5-7-16)20(29)30/h8-12,15-16,31H,4-7H2,1-3H3,(H,29,30)(H,24,26,27,28)/t15?,16?,23-/m1/s1. The van der Waals surface area contributed by atoms with E-state index in [4.69, 9.17) is 0 Å². The van der Waals surface area contributed by atoms with Crippen molar-refractivity contribution in [2.24, 2.45) is 11.8 Å². The number of hydrogen-bond donors (Lipinski definition) is 3. The Kier molecular flexibility index (Phi) is 6.21. The second kappa shape index (κ2) is 8.91. The van der Waals surface area contributed by atoms with Crippen LogP contribution in [-0.4, -0.2) is 36.1 Å². The predicted octanol–water partition coefficient (Wildman–Crippen LogP) is 4.45. The number of hydrogen-bond acceptors (Lipinski definition) is 8. The molecule has 3 aromatic heterocycles. The van der Waals surface area contributed by atoms with Crippen LogP contribution in [0.2, 0.25) is 0 Å². The van der Waals surface area contributed by atoms with Crippen molar-refractivity contribution in [2.75, 3.05) is 5.32 Å². The molecule has 1 fully saturated rings. The van der Waals surface area contributed by atoms with Crippen LogP contribution >= 0.6 is 11.3 Å². The third-order valence-corrected chi connectivity index (χ3v) is 7.31. The summed E-state index contributed by atoms with van der Waals surface area (Å²) in [4.78, 5) is 29.9. The van der Waals surface area contributed by atoms with Gasteiger partial charge in [0.2, 0.25) is 5.95 Å². The summed E-state index contributed by atoms with van der Waals surface area (Å²) in [6.45, 7) is 5.62. The lowest BCUT2D eigenvalue weighted by atomic mass is 9.74. The molecule has 4 rings (SSSR count). The Morgan fingerprint density at radius 2 is 1.88 bits per heavy atom. The highest BCUT2D eigenvalue weighted by Gasteiger charge is 2.40. The fourth-order valence-corrected chi connectivity index (χ4v) is 5.21. The number of aryl methyl sites for hydroxylation is 2. The molecule has 0 unspecified atom stereocenters. The molecule has 3 aromatic rings. The first kappa shape index (κ1) is 22.3. The number of carboxylic acid groups (broad SMARTS) is 1. The maximum atomic E-state index is 11.3. The van der Waals surface area contributed by atoms with Gasteiger partial charge in [-0.3, -0.25) is 9.78 Å². The van der Waals surface area contributed by atoms with Gasteiger partial charge in [0.25, 0.3) is 0 Å². The number of pyridine rings is 1. The molecule has 3 N–H and O–H groups in total. The van der Waals surface area contributed by atoms with E-state index in [1.54, 1.807) is 19.3 Å². The normalized spacial score (nSPS) is 20.5. The Hall–Kier alpha value is -2.91. The number of carboxylic acids is 1. The lowest BCUT2D eigenvalue weighted by molar-refractivity contribution is -0.144. The minimum absolute atomic E-state index is 0.0155. The van der Waals surface area contributed by atoms with Gasteiger partial charge in [0.1, 0.15) is 10.6 Å². The highest BCUT2D eigenvalue weighted by atomic mass is 32.1. The van der Waals surface area contributed by atoms with Crippen LogP contribution in [0.1, 0.15) is 49.0 Å². The lowest BCUT2D eigenvalue weighted by Gasteiger charge is -2.35. The number of aromatic nitrogens is 4. The highest BCUT2D eigenvalue weighted by Crippen LogP contribution is 2.43. The van der Waals surface area contributed by atoms with Crippen LogP contribution in [0.5, 0.6) is 0 Å². The zero-order valence-electron chi connectivity index (χ0n) is 18.4. The average Bonchev–Trinajstić information content (AvgIpc) is 3.25. The van der Waals surface area contributed by atoms with Crippen LogP contribution in [0.25, 0.3) is 10.6 Å². The van der Waals surface area contributed by atoms with Crippen molar-refractivity contribution in [3.8, 4) is 10.6 Å². The molecule has 8 nitrogen and oxygen atoms in total. The predicted molar refractivity (Wildman–Crippen MR) is 123 cm³/mol. The van der Waals surface area contributed by atoms with Crippen molar-refractivity contribution < 1.29 is 15.0 Å². The number of aliphatic carboxylic acids is 1. The van der Waals surface area contributed by atoms with Gasteiger partial charge in [-0.1, -0.05) is 0 Å². The summed E-state index contributed by atoms with van der Waals surface area (Å²) in [6.07, 6.45) is 5.97. The van der Waals surface area contributed by atoms with E-state index in [0.29, 0.717) is 36.6 Å².